The zero-order valence-electron chi connectivity index (χ0n) is 14.4. The highest BCUT2D eigenvalue weighted by Gasteiger charge is 2.25. The second-order valence-electron chi connectivity index (χ2n) is 6.33. The van der Waals surface area contributed by atoms with Crippen LogP contribution in [0.5, 0.6) is 0 Å². The van der Waals surface area contributed by atoms with Crippen LogP contribution in [0.15, 0.2) is 30.3 Å². The Morgan fingerprint density at radius 2 is 1.64 bits per heavy atom. The molecule has 0 bridgehead atoms. The molecule has 1 aliphatic heterocycles. The van der Waals surface area contributed by atoms with E-state index in [4.69, 9.17) is 11.6 Å². The van der Waals surface area contributed by atoms with E-state index in [0.29, 0.717) is 37.6 Å². The van der Waals surface area contributed by atoms with Crippen molar-refractivity contribution >= 4 is 34.8 Å². The molecule has 1 aliphatic rings. The summed E-state index contributed by atoms with van der Waals surface area (Å²) in [5.74, 6) is 0.170. The van der Waals surface area contributed by atoms with Crippen molar-refractivity contribution in [2.75, 3.05) is 26.2 Å². The molecule has 1 saturated heterocycles. The number of amides is 2. The fourth-order valence-electron chi connectivity index (χ4n) is 2.88. The van der Waals surface area contributed by atoms with Crippen LogP contribution < -0.4 is 0 Å². The lowest BCUT2D eigenvalue weighted by Gasteiger charge is -2.34. The summed E-state index contributed by atoms with van der Waals surface area (Å²) in [6, 6.07) is 9.31. The Bertz CT molecular complexity index is 758. The molecule has 1 aromatic heterocycles. The topological polar surface area (TPSA) is 40.6 Å². The summed E-state index contributed by atoms with van der Waals surface area (Å²) in [4.78, 5) is 30.7. The molecule has 0 saturated carbocycles. The van der Waals surface area contributed by atoms with Gasteiger partial charge in [-0.1, -0.05) is 23.7 Å². The van der Waals surface area contributed by atoms with E-state index in [1.807, 2.05) is 41.8 Å². The van der Waals surface area contributed by atoms with Gasteiger partial charge in [0, 0.05) is 36.1 Å². The monoisotopic (exact) mass is 376 g/mol. The summed E-state index contributed by atoms with van der Waals surface area (Å²) >= 11 is 7.42. The summed E-state index contributed by atoms with van der Waals surface area (Å²) in [5, 5.41) is 0.669. The molecule has 0 atom stereocenters. The van der Waals surface area contributed by atoms with Gasteiger partial charge in [0.25, 0.3) is 5.91 Å². The average molecular weight is 377 g/mol. The molecular formula is C19H21ClN2O2S. The zero-order chi connectivity index (χ0) is 18.0. The van der Waals surface area contributed by atoms with Gasteiger partial charge in [0.2, 0.25) is 5.91 Å². The molecule has 1 fully saturated rings. The third kappa shape index (κ3) is 4.22. The van der Waals surface area contributed by atoms with Crippen LogP contribution in [-0.4, -0.2) is 47.8 Å². The van der Waals surface area contributed by atoms with Crippen molar-refractivity contribution in [2.45, 2.75) is 20.3 Å². The third-order valence-corrected chi connectivity index (χ3v) is 5.96. The first-order valence-electron chi connectivity index (χ1n) is 8.32. The molecule has 4 nitrogen and oxygen atoms in total. The second-order valence-corrected chi connectivity index (χ2v) is 8.02. The number of aryl methyl sites for hydroxylation is 2. The number of rotatable bonds is 3. The lowest BCUT2D eigenvalue weighted by Crippen LogP contribution is -2.50. The molecule has 0 unspecified atom stereocenters. The molecule has 0 spiro atoms. The van der Waals surface area contributed by atoms with Crippen molar-refractivity contribution in [3.8, 4) is 0 Å². The Hall–Kier alpha value is -1.85. The lowest BCUT2D eigenvalue weighted by atomic mass is 10.1. The minimum absolute atomic E-state index is 0.0750. The Morgan fingerprint density at radius 3 is 2.20 bits per heavy atom. The van der Waals surface area contributed by atoms with Crippen molar-refractivity contribution < 1.29 is 9.59 Å². The minimum atomic E-state index is 0.0750. The molecule has 132 valence electrons. The number of halogens is 1. The number of hydrogen-bond donors (Lipinski definition) is 0. The van der Waals surface area contributed by atoms with Crippen LogP contribution in [0.2, 0.25) is 5.02 Å². The predicted octanol–water partition coefficient (Wildman–Crippen LogP) is 3.55. The molecule has 6 heteroatoms. The van der Waals surface area contributed by atoms with Gasteiger partial charge in [-0.2, -0.15) is 0 Å². The molecular weight excluding hydrogens is 356 g/mol. The Morgan fingerprint density at radius 1 is 1.04 bits per heavy atom. The maximum absolute atomic E-state index is 12.6. The van der Waals surface area contributed by atoms with Crippen LogP contribution in [0.25, 0.3) is 0 Å². The van der Waals surface area contributed by atoms with Crippen LogP contribution in [0.4, 0.5) is 0 Å². The number of piperazine rings is 1. The van der Waals surface area contributed by atoms with Gasteiger partial charge in [0.05, 0.1) is 11.3 Å². The van der Waals surface area contributed by atoms with Gasteiger partial charge in [-0.15, -0.1) is 11.3 Å². The van der Waals surface area contributed by atoms with Crippen LogP contribution in [0.1, 0.15) is 25.7 Å². The van der Waals surface area contributed by atoms with Crippen molar-refractivity contribution in [1.29, 1.82) is 0 Å². The second kappa shape index (κ2) is 7.58. The molecule has 0 radical (unpaired) electrons. The first-order chi connectivity index (χ1) is 11.9. The van der Waals surface area contributed by atoms with E-state index in [1.54, 1.807) is 23.5 Å². The average Bonchev–Trinajstić information content (AvgIpc) is 2.95. The summed E-state index contributed by atoms with van der Waals surface area (Å²) in [5.41, 5.74) is 2.11. The number of nitrogens with zero attached hydrogens (tertiary/aromatic N) is 2. The largest absolute Gasteiger partial charge is 0.339 e. The molecule has 25 heavy (non-hydrogen) atoms. The van der Waals surface area contributed by atoms with Crippen LogP contribution >= 0.6 is 22.9 Å². The SMILES string of the molecule is Cc1cc(C(=O)N2CCN(C(=O)Cc3ccc(Cl)cc3)CC2)sc1C. The molecule has 3 rings (SSSR count). The van der Waals surface area contributed by atoms with E-state index in [2.05, 4.69) is 0 Å². The van der Waals surface area contributed by atoms with Gasteiger partial charge < -0.3 is 9.80 Å². The fourth-order valence-corrected chi connectivity index (χ4v) is 4.01. The molecule has 0 aliphatic carbocycles. The maximum Gasteiger partial charge on any atom is 0.264 e. The first-order valence-corrected chi connectivity index (χ1v) is 9.52. The number of carbonyl (C=O) groups is 2. The normalized spacial score (nSPS) is 14.7. The number of benzene rings is 1. The molecule has 2 heterocycles. The Labute approximate surface area is 157 Å². The molecule has 2 aromatic rings. The van der Waals surface area contributed by atoms with Gasteiger partial charge >= 0.3 is 0 Å². The number of thiophene rings is 1. The smallest absolute Gasteiger partial charge is 0.264 e. The van der Waals surface area contributed by atoms with E-state index in [1.165, 1.54) is 4.88 Å². The van der Waals surface area contributed by atoms with E-state index < -0.39 is 0 Å². The van der Waals surface area contributed by atoms with E-state index in [9.17, 15) is 9.59 Å². The van der Waals surface area contributed by atoms with Crippen LogP contribution in [0, 0.1) is 13.8 Å². The Kier molecular flexibility index (Phi) is 5.45. The number of carbonyl (C=O) groups excluding carboxylic acids is 2. The van der Waals surface area contributed by atoms with E-state index in [-0.39, 0.29) is 11.8 Å². The summed E-state index contributed by atoms with van der Waals surface area (Å²) in [6.45, 7) is 6.39. The van der Waals surface area contributed by atoms with Gasteiger partial charge in [-0.05, 0) is 43.2 Å². The fraction of sp³-hybridized carbons (Fsp3) is 0.368. The van der Waals surface area contributed by atoms with Gasteiger partial charge in [-0.3, -0.25) is 9.59 Å². The standard InChI is InChI=1S/C19H21ClN2O2S/c1-13-11-17(25-14(13)2)19(24)22-9-7-21(8-10-22)18(23)12-15-3-5-16(20)6-4-15/h3-6,11H,7-10,12H2,1-2H3. The van der Waals surface area contributed by atoms with E-state index >= 15 is 0 Å². The van der Waals surface area contributed by atoms with E-state index in [0.717, 1.165) is 16.0 Å². The summed E-state index contributed by atoms with van der Waals surface area (Å²) < 4.78 is 0. The number of hydrogen-bond acceptors (Lipinski definition) is 3. The highest BCUT2D eigenvalue weighted by Crippen LogP contribution is 2.22. The van der Waals surface area contributed by atoms with Gasteiger partial charge in [-0.25, -0.2) is 0 Å². The highest BCUT2D eigenvalue weighted by molar-refractivity contribution is 7.14. The zero-order valence-corrected chi connectivity index (χ0v) is 16.0. The van der Waals surface area contributed by atoms with Crippen molar-refractivity contribution in [2.24, 2.45) is 0 Å². The van der Waals surface area contributed by atoms with Crippen LogP contribution in [0.3, 0.4) is 0 Å². The summed E-state index contributed by atoms with van der Waals surface area (Å²) in [7, 11) is 0. The van der Waals surface area contributed by atoms with Crippen molar-refractivity contribution in [3.05, 3.63) is 56.2 Å². The highest BCUT2D eigenvalue weighted by atomic mass is 35.5. The van der Waals surface area contributed by atoms with Crippen molar-refractivity contribution in [3.63, 3.8) is 0 Å². The van der Waals surface area contributed by atoms with Crippen molar-refractivity contribution in [1.82, 2.24) is 9.80 Å². The lowest BCUT2D eigenvalue weighted by molar-refractivity contribution is -0.131. The minimum Gasteiger partial charge on any atom is -0.339 e. The Balaban J connectivity index is 1.55. The molecule has 2 amide bonds. The quantitative estimate of drug-likeness (QED) is 0.822. The van der Waals surface area contributed by atoms with Gasteiger partial charge in [0.1, 0.15) is 0 Å². The van der Waals surface area contributed by atoms with Gasteiger partial charge in [0.15, 0.2) is 0 Å². The first kappa shape index (κ1) is 18.0. The molecule has 0 N–H and O–H groups in total. The van der Waals surface area contributed by atoms with Crippen LogP contribution in [-0.2, 0) is 11.2 Å². The maximum atomic E-state index is 12.6. The molecule has 1 aromatic carbocycles. The predicted molar refractivity (Wildman–Crippen MR) is 101 cm³/mol. The summed E-state index contributed by atoms with van der Waals surface area (Å²) in [6.07, 6.45) is 0.369. The third-order valence-electron chi connectivity index (χ3n) is 4.56.